The van der Waals surface area contributed by atoms with Gasteiger partial charge in [-0.05, 0) is 36.4 Å². The zero-order valence-electron chi connectivity index (χ0n) is 12.0. The van der Waals surface area contributed by atoms with Gasteiger partial charge in [-0.3, -0.25) is 4.79 Å². The van der Waals surface area contributed by atoms with Crippen LogP contribution >= 0.6 is 0 Å². The van der Waals surface area contributed by atoms with Gasteiger partial charge < -0.3 is 9.40 Å². The molecule has 0 saturated heterocycles. The summed E-state index contributed by atoms with van der Waals surface area (Å²) in [7, 11) is 0. The number of halogens is 1. The monoisotopic (exact) mass is 305 g/mol. The topological polar surface area (TPSA) is 46.0 Å². The van der Waals surface area contributed by atoms with Crippen LogP contribution in [0.2, 0.25) is 0 Å². The molecule has 1 N–H and O–H groups in total. The van der Waals surface area contributed by atoms with Crippen LogP contribution in [0, 0.1) is 5.82 Å². The number of para-hydroxylation sites is 1. The van der Waals surface area contributed by atoms with Gasteiger partial charge in [0.1, 0.15) is 17.2 Å². The van der Waals surface area contributed by atoms with Crippen LogP contribution in [0.15, 0.2) is 76.1 Å². The Kier molecular flexibility index (Phi) is 3.08. The minimum Gasteiger partial charge on any atom is -0.455 e. The molecule has 2 heterocycles. The number of fused-ring (bicyclic) bond motifs is 1. The lowest BCUT2D eigenvalue weighted by atomic mass is 10.00. The van der Waals surface area contributed by atoms with Gasteiger partial charge in [-0.25, -0.2) is 4.39 Å². The zero-order valence-corrected chi connectivity index (χ0v) is 12.0. The van der Waals surface area contributed by atoms with Crippen molar-refractivity contribution in [3.05, 3.63) is 83.0 Å². The average Bonchev–Trinajstić information content (AvgIpc) is 2.96. The first kappa shape index (κ1) is 13.5. The van der Waals surface area contributed by atoms with Gasteiger partial charge in [0.25, 0.3) is 0 Å². The van der Waals surface area contributed by atoms with E-state index in [-0.39, 0.29) is 11.4 Å². The lowest BCUT2D eigenvalue weighted by molar-refractivity contribution is 0.623. The number of furan rings is 1. The molecule has 0 aliphatic carbocycles. The second kappa shape index (κ2) is 5.25. The number of aromatic amines is 1. The van der Waals surface area contributed by atoms with Gasteiger partial charge >= 0.3 is 0 Å². The Labute approximate surface area is 131 Å². The lowest BCUT2D eigenvalue weighted by Gasteiger charge is -2.03. The van der Waals surface area contributed by atoms with Gasteiger partial charge in [0.05, 0.1) is 0 Å². The molecule has 0 spiro atoms. The molecule has 4 heteroatoms. The Balaban J connectivity index is 2.03. The first-order valence-electron chi connectivity index (χ1n) is 7.19. The molecule has 2 aromatic heterocycles. The first-order chi connectivity index (χ1) is 11.2. The van der Waals surface area contributed by atoms with Crippen molar-refractivity contribution in [2.24, 2.45) is 0 Å². The summed E-state index contributed by atoms with van der Waals surface area (Å²) in [5.41, 5.74) is 3.08. The normalized spacial score (nSPS) is 11.0. The van der Waals surface area contributed by atoms with E-state index >= 15 is 0 Å². The molecule has 0 aliphatic heterocycles. The smallest absolute Gasteiger partial charge is 0.247 e. The van der Waals surface area contributed by atoms with E-state index < -0.39 is 0 Å². The van der Waals surface area contributed by atoms with Crippen molar-refractivity contribution in [3.63, 3.8) is 0 Å². The molecule has 0 unspecified atom stereocenters. The highest BCUT2D eigenvalue weighted by molar-refractivity contribution is 6.01. The minimum atomic E-state index is -0.296. The minimum absolute atomic E-state index is 0.162. The van der Waals surface area contributed by atoms with E-state index in [4.69, 9.17) is 4.42 Å². The maximum atomic E-state index is 13.2. The number of pyridine rings is 1. The molecule has 3 nitrogen and oxygen atoms in total. The predicted octanol–water partition coefficient (Wildman–Crippen LogP) is 4.59. The summed E-state index contributed by atoms with van der Waals surface area (Å²) in [5, 5.41) is 0.943. The largest absolute Gasteiger partial charge is 0.455 e. The maximum absolute atomic E-state index is 13.2. The van der Waals surface area contributed by atoms with Crippen molar-refractivity contribution in [2.75, 3.05) is 0 Å². The SMILES string of the molecule is O=c1ccc(-c2c(-c3ccc(F)cc3)oc3ccccc23)c[nH]1. The number of benzene rings is 2. The van der Waals surface area contributed by atoms with E-state index in [1.165, 1.54) is 18.2 Å². The van der Waals surface area contributed by atoms with E-state index in [0.29, 0.717) is 5.76 Å². The van der Waals surface area contributed by atoms with E-state index in [2.05, 4.69) is 4.98 Å². The van der Waals surface area contributed by atoms with E-state index in [1.54, 1.807) is 24.4 Å². The van der Waals surface area contributed by atoms with E-state index in [1.807, 2.05) is 24.3 Å². The number of rotatable bonds is 2. The molecule has 4 rings (SSSR count). The van der Waals surface area contributed by atoms with Crippen LogP contribution in [-0.4, -0.2) is 4.98 Å². The van der Waals surface area contributed by atoms with Gasteiger partial charge in [-0.1, -0.05) is 18.2 Å². The Morgan fingerprint density at radius 2 is 1.61 bits per heavy atom. The Morgan fingerprint density at radius 1 is 0.870 bits per heavy atom. The molecule has 2 aromatic carbocycles. The van der Waals surface area contributed by atoms with E-state index in [0.717, 1.165) is 27.7 Å². The van der Waals surface area contributed by atoms with Crippen LogP contribution in [-0.2, 0) is 0 Å². The highest BCUT2D eigenvalue weighted by atomic mass is 19.1. The molecule has 0 atom stereocenters. The summed E-state index contributed by atoms with van der Waals surface area (Å²) in [5.74, 6) is 0.355. The third kappa shape index (κ3) is 2.34. The summed E-state index contributed by atoms with van der Waals surface area (Å²) >= 11 is 0. The number of H-pyrrole nitrogens is 1. The van der Waals surface area contributed by atoms with Crippen LogP contribution in [0.4, 0.5) is 4.39 Å². The number of hydrogen-bond acceptors (Lipinski definition) is 2. The van der Waals surface area contributed by atoms with Crippen molar-refractivity contribution in [3.8, 4) is 22.5 Å². The number of aromatic nitrogens is 1. The molecular formula is C19H12FNO2. The third-order valence-corrected chi connectivity index (χ3v) is 3.77. The third-order valence-electron chi connectivity index (χ3n) is 3.77. The van der Waals surface area contributed by atoms with Gasteiger partial charge in [-0.15, -0.1) is 0 Å². The van der Waals surface area contributed by atoms with Crippen molar-refractivity contribution in [1.82, 2.24) is 4.98 Å². The van der Waals surface area contributed by atoms with Crippen LogP contribution < -0.4 is 5.56 Å². The van der Waals surface area contributed by atoms with Gasteiger partial charge in [0.15, 0.2) is 0 Å². The molecule has 0 radical (unpaired) electrons. The van der Waals surface area contributed by atoms with Crippen molar-refractivity contribution < 1.29 is 8.81 Å². The number of nitrogens with one attached hydrogen (secondary N) is 1. The molecule has 0 saturated carbocycles. The molecule has 0 aliphatic rings. The summed E-state index contributed by atoms with van der Waals surface area (Å²) in [6.07, 6.45) is 1.66. The second-order valence-electron chi connectivity index (χ2n) is 5.25. The predicted molar refractivity (Wildman–Crippen MR) is 87.7 cm³/mol. The van der Waals surface area contributed by atoms with E-state index in [9.17, 15) is 9.18 Å². The molecule has 112 valence electrons. The summed E-state index contributed by atoms with van der Waals surface area (Å²) in [6.45, 7) is 0. The zero-order chi connectivity index (χ0) is 15.8. The van der Waals surface area contributed by atoms with Gasteiger partial charge in [-0.2, -0.15) is 0 Å². The van der Waals surface area contributed by atoms with Crippen molar-refractivity contribution >= 4 is 11.0 Å². The maximum Gasteiger partial charge on any atom is 0.247 e. The molecule has 4 aromatic rings. The van der Waals surface area contributed by atoms with Crippen molar-refractivity contribution in [2.45, 2.75) is 0 Å². The summed E-state index contributed by atoms with van der Waals surface area (Å²) in [6, 6.07) is 17.1. The fraction of sp³-hybridized carbons (Fsp3) is 0. The van der Waals surface area contributed by atoms with Gasteiger partial charge in [0, 0.05) is 34.3 Å². The highest BCUT2D eigenvalue weighted by Crippen LogP contribution is 2.40. The fourth-order valence-electron chi connectivity index (χ4n) is 2.70. The molecule has 23 heavy (non-hydrogen) atoms. The first-order valence-corrected chi connectivity index (χ1v) is 7.19. The summed E-state index contributed by atoms with van der Waals surface area (Å²) in [4.78, 5) is 14.0. The average molecular weight is 305 g/mol. The Hall–Kier alpha value is -3.14. The Morgan fingerprint density at radius 3 is 2.35 bits per heavy atom. The second-order valence-corrected chi connectivity index (χ2v) is 5.25. The molecule has 0 amide bonds. The molecule has 0 fully saturated rings. The van der Waals surface area contributed by atoms with Gasteiger partial charge in [0.2, 0.25) is 5.56 Å². The highest BCUT2D eigenvalue weighted by Gasteiger charge is 2.17. The van der Waals surface area contributed by atoms with Crippen LogP contribution in [0.25, 0.3) is 33.4 Å². The quantitative estimate of drug-likeness (QED) is 0.588. The standard InChI is InChI=1S/C19H12FNO2/c20-14-8-5-12(6-9-14)19-18(13-7-10-17(22)21-11-13)15-3-1-2-4-16(15)23-19/h1-11H,(H,21,22). The summed E-state index contributed by atoms with van der Waals surface area (Å²) < 4.78 is 19.2. The van der Waals surface area contributed by atoms with Crippen LogP contribution in [0.5, 0.6) is 0 Å². The molecule has 0 bridgehead atoms. The Bertz CT molecular complexity index is 1020. The number of hydrogen-bond donors (Lipinski definition) is 1. The van der Waals surface area contributed by atoms with Crippen LogP contribution in [0.3, 0.4) is 0 Å². The fourth-order valence-corrected chi connectivity index (χ4v) is 2.70. The van der Waals surface area contributed by atoms with Crippen molar-refractivity contribution in [1.29, 1.82) is 0 Å². The van der Waals surface area contributed by atoms with Crippen LogP contribution in [0.1, 0.15) is 0 Å². The lowest BCUT2D eigenvalue weighted by Crippen LogP contribution is -2.01. The molecular weight excluding hydrogens is 293 g/mol.